The van der Waals surface area contributed by atoms with Crippen LogP contribution >= 0.6 is 23.1 Å². The van der Waals surface area contributed by atoms with E-state index >= 15 is 0 Å². The van der Waals surface area contributed by atoms with E-state index in [0.29, 0.717) is 21.9 Å². The third-order valence-corrected chi connectivity index (χ3v) is 6.36. The molecule has 0 bridgehead atoms. The highest BCUT2D eigenvalue weighted by Crippen LogP contribution is 2.28. The number of ketones is 1. The van der Waals surface area contributed by atoms with E-state index in [9.17, 15) is 19.7 Å². The van der Waals surface area contributed by atoms with Crippen molar-refractivity contribution in [2.24, 2.45) is 0 Å². The van der Waals surface area contributed by atoms with Gasteiger partial charge in [-0.15, -0.1) is 11.3 Å². The van der Waals surface area contributed by atoms with E-state index in [4.69, 9.17) is 0 Å². The van der Waals surface area contributed by atoms with Crippen LogP contribution in [0.15, 0.2) is 34.2 Å². The lowest BCUT2D eigenvalue weighted by molar-refractivity contribution is -0.384. The second-order valence-electron chi connectivity index (χ2n) is 5.93. The molecule has 0 radical (unpaired) electrons. The Balaban J connectivity index is 1.91. The Morgan fingerprint density at radius 1 is 1.37 bits per heavy atom. The fraction of sp³-hybridized carbons (Fsp3) is 0.278. The molecule has 0 unspecified atom stereocenters. The number of nitro groups is 1. The molecule has 140 valence electrons. The summed E-state index contributed by atoms with van der Waals surface area (Å²) in [7, 11) is 0. The first kappa shape index (κ1) is 19.2. The maximum Gasteiger partial charge on any atom is 0.270 e. The average Bonchev–Trinajstić information content (AvgIpc) is 2.94. The zero-order valence-electron chi connectivity index (χ0n) is 15.0. The molecule has 0 aliphatic rings. The van der Waals surface area contributed by atoms with Gasteiger partial charge in [-0.25, -0.2) is 4.98 Å². The van der Waals surface area contributed by atoms with Gasteiger partial charge in [-0.3, -0.25) is 24.3 Å². The van der Waals surface area contributed by atoms with Crippen LogP contribution in [0.3, 0.4) is 0 Å². The van der Waals surface area contributed by atoms with Crippen LogP contribution in [0.5, 0.6) is 0 Å². The fourth-order valence-electron chi connectivity index (χ4n) is 2.70. The number of non-ortho nitro benzene ring substituents is 1. The summed E-state index contributed by atoms with van der Waals surface area (Å²) >= 11 is 2.64. The minimum Gasteiger partial charge on any atom is -0.293 e. The van der Waals surface area contributed by atoms with E-state index in [1.54, 1.807) is 10.6 Å². The summed E-state index contributed by atoms with van der Waals surface area (Å²) in [5, 5.41) is 12.0. The topological polar surface area (TPSA) is 95.1 Å². The Hall–Kier alpha value is -2.52. The number of Topliss-reactive ketones (excluding diaryl/α,β-unsaturated/α-hetero) is 1. The van der Waals surface area contributed by atoms with Crippen LogP contribution in [0.2, 0.25) is 0 Å². The number of hydrogen-bond donors (Lipinski definition) is 0. The summed E-state index contributed by atoms with van der Waals surface area (Å²) in [5.41, 5.74) is 0.986. The Morgan fingerprint density at radius 2 is 2.11 bits per heavy atom. The van der Waals surface area contributed by atoms with E-state index in [0.717, 1.165) is 10.4 Å². The number of carbonyl (C=O) groups is 1. The number of nitro benzene ring substituents is 1. The minimum absolute atomic E-state index is 0.0441. The molecule has 0 saturated carbocycles. The van der Waals surface area contributed by atoms with Crippen molar-refractivity contribution in [3.63, 3.8) is 0 Å². The Kier molecular flexibility index (Phi) is 5.43. The molecule has 0 aliphatic carbocycles. The SMILES string of the molecule is CCn1c(SCC(=O)c2cccc([N+](=O)[O-])c2)nc2sc(C)c(C)c2c1=O. The first-order chi connectivity index (χ1) is 12.8. The predicted molar refractivity (Wildman–Crippen MR) is 107 cm³/mol. The van der Waals surface area contributed by atoms with Crippen LogP contribution in [-0.2, 0) is 6.54 Å². The molecule has 3 aromatic rings. The third kappa shape index (κ3) is 3.65. The van der Waals surface area contributed by atoms with E-state index in [2.05, 4.69) is 4.98 Å². The van der Waals surface area contributed by atoms with Crippen LogP contribution < -0.4 is 5.56 Å². The summed E-state index contributed by atoms with van der Waals surface area (Å²) in [6.45, 7) is 6.17. The maximum absolute atomic E-state index is 12.8. The number of rotatable bonds is 6. The molecule has 0 amide bonds. The van der Waals surface area contributed by atoms with Gasteiger partial charge in [0.25, 0.3) is 11.2 Å². The van der Waals surface area contributed by atoms with Gasteiger partial charge < -0.3 is 0 Å². The standard InChI is InChI=1S/C18H17N3O4S2/c1-4-20-17(23)15-10(2)11(3)27-16(15)19-18(20)26-9-14(22)12-6-5-7-13(8-12)21(24)25/h5-8H,4,9H2,1-3H3. The highest BCUT2D eigenvalue weighted by Gasteiger charge is 2.18. The molecule has 9 heteroatoms. The van der Waals surface area contributed by atoms with Crippen LogP contribution in [0.1, 0.15) is 27.7 Å². The molecule has 1 aromatic carbocycles. The van der Waals surface area contributed by atoms with Gasteiger partial charge in [0.1, 0.15) is 4.83 Å². The Bertz CT molecular complexity index is 1120. The normalized spacial score (nSPS) is 11.1. The Morgan fingerprint density at radius 3 is 2.78 bits per heavy atom. The molecule has 0 aliphatic heterocycles. The van der Waals surface area contributed by atoms with Crippen molar-refractivity contribution in [2.45, 2.75) is 32.5 Å². The summed E-state index contributed by atoms with van der Waals surface area (Å²) in [5.74, 6) is -0.207. The molecule has 0 spiro atoms. The van der Waals surface area contributed by atoms with Crippen molar-refractivity contribution < 1.29 is 9.72 Å². The molecule has 27 heavy (non-hydrogen) atoms. The highest BCUT2D eigenvalue weighted by atomic mass is 32.2. The van der Waals surface area contributed by atoms with Crippen LogP contribution in [0, 0.1) is 24.0 Å². The molecular formula is C18H17N3O4S2. The molecule has 0 fully saturated rings. The lowest BCUT2D eigenvalue weighted by Gasteiger charge is -2.09. The number of aryl methyl sites for hydroxylation is 2. The van der Waals surface area contributed by atoms with Gasteiger partial charge in [0, 0.05) is 29.1 Å². The smallest absolute Gasteiger partial charge is 0.270 e. The molecular weight excluding hydrogens is 386 g/mol. The minimum atomic E-state index is -0.532. The van der Waals surface area contributed by atoms with Crippen molar-refractivity contribution in [1.29, 1.82) is 0 Å². The lowest BCUT2D eigenvalue weighted by Crippen LogP contribution is -2.22. The molecule has 0 atom stereocenters. The van der Waals surface area contributed by atoms with Gasteiger partial charge in [-0.05, 0) is 26.3 Å². The molecule has 2 aromatic heterocycles. The number of thiophene rings is 1. The van der Waals surface area contributed by atoms with Crippen LogP contribution in [0.4, 0.5) is 5.69 Å². The summed E-state index contributed by atoms with van der Waals surface area (Å²) in [4.78, 5) is 41.9. The third-order valence-electron chi connectivity index (χ3n) is 4.28. The maximum atomic E-state index is 12.8. The number of hydrogen-bond acceptors (Lipinski definition) is 7. The fourth-order valence-corrected chi connectivity index (χ4v) is 4.73. The first-order valence-electron chi connectivity index (χ1n) is 8.24. The first-order valence-corrected chi connectivity index (χ1v) is 10.0. The summed E-state index contributed by atoms with van der Waals surface area (Å²) in [6, 6.07) is 5.64. The van der Waals surface area contributed by atoms with Crippen LogP contribution in [-0.4, -0.2) is 26.0 Å². The molecule has 0 saturated heterocycles. The zero-order valence-corrected chi connectivity index (χ0v) is 16.6. The lowest BCUT2D eigenvalue weighted by atomic mass is 10.1. The number of fused-ring (bicyclic) bond motifs is 1. The largest absolute Gasteiger partial charge is 0.293 e. The van der Waals surface area contributed by atoms with Gasteiger partial charge in [0.15, 0.2) is 10.9 Å². The summed E-state index contributed by atoms with van der Waals surface area (Å²) in [6.07, 6.45) is 0. The highest BCUT2D eigenvalue weighted by molar-refractivity contribution is 7.99. The number of thioether (sulfide) groups is 1. The molecule has 0 N–H and O–H groups in total. The number of carbonyl (C=O) groups excluding carboxylic acids is 1. The van der Waals surface area contributed by atoms with E-state index in [-0.39, 0.29) is 28.3 Å². The number of nitrogens with zero attached hydrogens (tertiary/aromatic N) is 3. The average molecular weight is 403 g/mol. The van der Waals surface area contributed by atoms with E-state index < -0.39 is 4.92 Å². The monoisotopic (exact) mass is 403 g/mol. The van der Waals surface area contributed by atoms with E-state index in [1.165, 1.54) is 41.3 Å². The predicted octanol–water partition coefficient (Wildman–Crippen LogP) is 3.98. The number of benzene rings is 1. The zero-order chi connectivity index (χ0) is 19.7. The van der Waals surface area contributed by atoms with Crippen molar-refractivity contribution in [3.8, 4) is 0 Å². The van der Waals surface area contributed by atoms with Gasteiger partial charge in [-0.2, -0.15) is 0 Å². The van der Waals surface area contributed by atoms with Gasteiger partial charge in [0.05, 0.1) is 16.1 Å². The van der Waals surface area contributed by atoms with Gasteiger partial charge >= 0.3 is 0 Å². The van der Waals surface area contributed by atoms with Gasteiger partial charge in [0.2, 0.25) is 0 Å². The van der Waals surface area contributed by atoms with Crippen molar-refractivity contribution in [1.82, 2.24) is 9.55 Å². The molecule has 2 heterocycles. The Labute approximate surface area is 163 Å². The summed E-state index contributed by atoms with van der Waals surface area (Å²) < 4.78 is 1.56. The second-order valence-corrected chi connectivity index (χ2v) is 8.07. The number of aromatic nitrogens is 2. The second kappa shape index (κ2) is 7.61. The van der Waals surface area contributed by atoms with Crippen LogP contribution in [0.25, 0.3) is 10.2 Å². The molecule has 7 nitrogen and oxygen atoms in total. The van der Waals surface area contributed by atoms with E-state index in [1.807, 2.05) is 20.8 Å². The van der Waals surface area contributed by atoms with Crippen molar-refractivity contribution >= 4 is 44.8 Å². The van der Waals surface area contributed by atoms with Gasteiger partial charge in [-0.1, -0.05) is 23.9 Å². The van der Waals surface area contributed by atoms with Crippen molar-refractivity contribution in [2.75, 3.05) is 5.75 Å². The molecule has 3 rings (SSSR count). The van der Waals surface area contributed by atoms with Crippen molar-refractivity contribution in [3.05, 3.63) is 60.7 Å². The quantitative estimate of drug-likeness (QED) is 0.203.